The summed E-state index contributed by atoms with van der Waals surface area (Å²) in [6.07, 6.45) is 1.17. The molecular formula is C16H22ClNO2. The normalized spacial score (nSPS) is 23.8. The number of likely N-dealkylation sites (tertiary alicyclic amines) is 1. The van der Waals surface area contributed by atoms with Crippen LogP contribution >= 0.6 is 11.6 Å². The van der Waals surface area contributed by atoms with Crippen molar-refractivity contribution in [2.45, 2.75) is 33.7 Å². The number of Topliss-reactive ketones (excluding diaryl/α,β-unsaturated/α-hetero) is 1. The molecule has 0 aliphatic carbocycles. The van der Waals surface area contributed by atoms with E-state index < -0.39 is 0 Å². The Hall–Kier alpha value is -1.06. The van der Waals surface area contributed by atoms with Crippen LogP contribution in [0.15, 0.2) is 12.1 Å². The molecule has 1 aliphatic heterocycles. The largest absolute Gasteiger partial charge is 0.507 e. The van der Waals surface area contributed by atoms with E-state index in [0.717, 1.165) is 24.6 Å². The zero-order chi connectivity index (χ0) is 14.9. The molecule has 0 bridgehead atoms. The van der Waals surface area contributed by atoms with E-state index >= 15 is 0 Å². The molecule has 3 nitrogen and oxygen atoms in total. The van der Waals surface area contributed by atoms with Crippen LogP contribution in [-0.4, -0.2) is 28.9 Å². The highest BCUT2D eigenvalue weighted by molar-refractivity contribution is 6.31. The van der Waals surface area contributed by atoms with Crippen LogP contribution in [0.1, 0.15) is 43.1 Å². The first-order valence-corrected chi connectivity index (χ1v) is 7.51. The van der Waals surface area contributed by atoms with Crippen molar-refractivity contribution in [2.75, 3.05) is 13.1 Å². The van der Waals surface area contributed by atoms with Crippen LogP contribution in [0.4, 0.5) is 0 Å². The Bertz CT molecular complexity index is 515. The summed E-state index contributed by atoms with van der Waals surface area (Å²) in [7, 11) is 0. The molecule has 0 amide bonds. The predicted molar refractivity (Wildman–Crippen MR) is 81.3 cm³/mol. The van der Waals surface area contributed by atoms with Gasteiger partial charge in [-0.1, -0.05) is 25.4 Å². The van der Waals surface area contributed by atoms with Crippen molar-refractivity contribution in [1.29, 1.82) is 0 Å². The number of benzene rings is 1. The molecule has 1 fully saturated rings. The molecule has 1 aromatic carbocycles. The second-order valence-electron chi connectivity index (χ2n) is 6.00. The van der Waals surface area contributed by atoms with Gasteiger partial charge in [0.2, 0.25) is 0 Å². The van der Waals surface area contributed by atoms with E-state index in [1.54, 1.807) is 6.07 Å². The summed E-state index contributed by atoms with van der Waals surface area (Å²) in [6, 6.07) is 3.29. The van der Waals surface area contributed by atoms with E-state index in [1.165, 1.54) is 19.4 Å². The lowest BCUT2D eigenvalue weighted by Gasteiger charge is -2.35. The summed E-state index contributed by atoms with van der Waals surface area (Å²) < 4.78 is 0. The number of ketones is 1. The van der Waals surface area contributed by atoms with Crippen LogP contribution in [0.2, 0.25) is 5.02 Å². The van der Waals surface area contributed by atoms with E-state index in [0.29, 0.717) is 23.0 Å². The number of piperidine rings is 1. The van der Waals surface area contributed by atoms with Crippen LogP contribution in [-0.2, 0) is 6.54 Å². The average molecular weight is 296 g/mol. The van der Waals surface area contributed by atoms with Crippen LogP contribution in [0, 0.1) is 11.8 Å². The number of carbonyl (C=O) groups is 1. The first-order valence-electron chi connectivity index (χ1n) is 7.13. The maximum atomic E-state index is 11.5. The van der Waals surface area contributed by atoms with Crippen molar-refractivity contribution in [2.24, 2.45) is 11.8 Å². The lowest BCUT2D eigenvalue weighted by atomic mass is 9.88. The first kappa shape index (κ1) is 15.3. The van der Waals surface area contributed by atoms with Gasteiger partial charge < -0.3 is 5.11 Å². The molecule has 0 aromatic heterocycles. The van der Waals surface area contributed by atoms with Gasteiger partial charge in [0.1, 0.15) is 5.75 Å². The third-order valence-corrected chi connectivity index (χ3v) is 4.56. The van der Waals surface area contributed by atoms with Crippen LogP contribution in [0.25, 0.3) is 0 Å². The van der Waals surface area contributed by atoms with Gasteiger partial charge in [-0.3, -0.25) is 9.69 Å². The van der Waals surface area contributed by atoms with Crippen molar-refractivity contribution >= 4 is 17.4 Å². The lowest BCUT2D eigenvalue weighted by molar-refractivity contribution is 0.101. The topological polar surface area (TPSA) is 40.5 Å². The molecule has 2 unspecified atom stereocenters. The van der Waals surface area contributed by atoms with Crippen LogP contribution in [0.3, 0.4) is 0 Å². The van der Waals surface area contributed by atoms with Gasteiger partial charge in [-0.05, 0) is 43.9 Å². The van der Waals surface area contributed by atoms with Crippen molar-refractivity contribution in [3.8, 4) is 5.75 Å². The lowest BCUT2D eigenvalue weighted by Crippen LogP contribution is -2.37. The Balaban J connectivity index is 2.19. The van der Waals surface area contributed by atoms with Gasteiger partial charge in [0.15, 0.2) is 5.78 Å². The number of aromatic hydroxyl groups is 1. The molecule has 2 rings (SSSR count). The summed E-state index contributed by atoms with van der Waals surface area (Å²) in [5.74, 6) is 1.31. The fourth-order valence-electron chi connectivity index (χ4n) is 2.78. The van der Waals surface area contributed by atoms with Crippen molar-refractivity contribution in [3.05, 3.63) is 28.3 Å². The molecule has 0 spiro atoms. The highest BCUT2D eigenvalue weighted by atomic mass is 35.5. The van der Waals surface area contributed by atoms with Gasteiger partial charge in [0.25, 0.3) is 0 Å². The van der Waals surface area contributed by atoms with Crippen LogP contribution < -0.4 is 0 Å². The molecule has 1 aromatic rings. The maximum Gasteiger partial charge on any atom is 0.163 e. The smallest absolute Gasteiger partial charge is 0.163 e. The summed E-state index contributed by atoms with van der Waals surface area (Å²) >= 11 is 6.05. The summed E-state index contributed by atoms with van der Waals surface area (Å²) in [5, 5.41) is 10.7. The Morgan fingerprint density at radius 2 is 2.10 bits per heavy atom. The molecule has 110 valence electrons. The van der Waals surface area contributed by atoms with Crippen molar-refractivity contribution in [3.63, 3.8) is 0 Å². The third-order valence-electron chi connectivity index (χ3n) is 4.35. The number of rotatable bonds is 3. The maximum absolute atomic E-state index is 11.5. The quantitative estimate of drug-likeness (QED) is 0.864. The molecule has 1 saturated heterocycles. The zero-order valence-corrected chi connectivity index (χ0v) is 13.1. The fraction of sp³-hybridized carbons (Fsp3) is 0.562. The Morgan fingerprint density at radius 3 is 2.70 bits per heavy atom. The number of phenolic OH excluding ortho intramolecular Hbond substituents is 1. The number of carbonyl (C=O) groups excluding carboxylic acids is 1. The van der Waals surface area contributed by atoms with E-state index in [1.807, 2.05) is 0 Å². The molecule has 1 heterocycles. The number of nitrogens with zero attached hydrogens (tertiary/aromatic N) is 1. The molecule has 2 atom stereocenters. The van der Waals surface area contributed by atoms with Gasteiger partial charge >= 0.3 is 0 Å². The number of hydrogen-bond acceptors (Lipinski definition) is 3. The van der Waals surface area contributed by atoms with Gasteiger partial charge in [-0.25, -0.2) is 0 Å². The average Bonchev–Trinajstić information content (AvgIpc) is 2.37. The minimum Gasteiger partial charge on any atom is -0.507 e. The SMILES string of the molecule is CC(=O)c1cc(Cl)cc(CN2CCC(C)C(C)C2)c1O. The van der Waals surface area contributed by atoms with E-state index in [2.05, 4.69) is 18.7 Å². The van der Waals surface area contributed by atoms with E-state index in [4.69, 9.17) is 11.6 Å². The highest BCUT2D eigenvalue weighted by Gasteiger charge is 2.24. The van der Waals surface area contributed by atoms with Crippen LogP contribution in [0.5, 0.6) is 5.75 Å². The zero-order valence-electron chi connectivity index (χ0n) is 12.3. The predicted octanol–water partition coefficient (Wildman–Crippen LogP) is 3.73. The van der Waals surface area contributed by atoms with E-state index in [-0.39, 0.29) is 11.5 Å². The monoisotopic (exact) mass is 295 g/mol. The number of phenols is 1. The second-order valence-corrected chi connectivity index (χ2v) is 6.43. The molecule has 0 saturated carbocycles. The molecular weight excluding hydrogens is 274 g/mol. The fourth-order valence-corrected chi connectivity index (χ4v) is 3.02. The second kappa shape index (κ2) is 6.15. The van der Waals surface area contributed by atoms with Gasteiger partial charge in [0, 0.05) is 23.7 Å². The van der Waals surface area contributed by atoms with Crippen molar-refractivity contribution < 1.29 is 9.90 Å². The summed E-state index contributed by atoms with van der Waals surface area (Å²) in [6.45, 7) is 8.67. The Labute approximate surface area is 125 Å². The number of halogens is 1. The molecule has 20 heavy (non-hydrogen) atoms. The summed E-state index contributed by atoms with van der Waals surface area (Å²) in [5.41, 5.74) is 1.05. The highest BCUT2D eigenvalue weighted by Crippen LogP contribution is 2.30. The Morgan fingerprint density at radius 1 is 1.40 bits per heavy atom. The standard InChI is InChI=1S/C16H22ClNO2/c1-10-4-5-18(8-11(10)2)9-13-6-14(17)7-15(12(3)19)16(13)20/h6-7,10-11,20H,4-5,8-9H2,1-3H3. The Kier molecular flexibility index (Phi) is 4.71. The van der Waals surface area contributed by atoms with Crippen molar-refractivity contribution in [1.82, 2.24) is 4.90 Å². The van der Waals surface area contributed by atoms with E-state index in [9.17, 15) is 9.90 Å². The molecule has 1 N–H and O–H groups in total. The minimum atomic E-state index is -0.160. The summed E-state index contributed by atoms with van der Waals surface area (Å²) in [4.78, 5) is 13.8. The molecule has 4 heteroatoms. The van der Waals surface area contributed by atoms with Gasteiger partial charge in [-0.2, -0.15) is 0 Å². The van der Waals surface area contributed by atoms with Gasteiger partial charge in [-0.15, -0.1) is 0 Å². The first-order chi connectivity index (χ1) is 9.38. The minimum absolute atomic E-state index is 0.0770. The molecule has 1 aliphatic rings. The molecule has 0 radical (unpaired) electrons. The number of hydrogen-bond donors (Lipinski definition) is 1. The van der Waals surface area contributed by atoms with Gasteiger partial charge in [0.05, 0.1) is 5.56 Å². The third kappa shape index (κ3) is 3.33.